The van der Waals surface area contributed by atoms with E-state index in [1.807, 2.05) is 31.7 Å². The van der Waals surface area contributed by atoms with Gasteiger partial charge in [-0.05, 0) is 45.2 Å². The molecule has 0 bridgehead atoms. The predicted molar refractivity (Wildman–Crippen MR) is 71.5 cm³/mol. The Morgan fingerprint density at radius 3 is 2.67 bits per heavy atom. The van der Waals surface area contributed by atoms with Gasteiger partial charge < -0.3 is 9.64 Å². The number of carbonyl (C=O) groups is 1. The highest BCUT2D eigenvalue weighted by molar-refractivity contribution is 5.69. The Labute approximate surface area is 109 Å². The van der Waals surface area contributed by atoms with E-state index in [1.54, 1.807) is 0 Å². The molecule has 1 amide bonds. The lowest BCUT2D eigenvalue weighted by molar-refractivity contribution is 0.0160. The molecule has 1 aromatic rings. The monoisotopic (exact) mass is 247 g/mol. The van der Waals surface area contributed by atoms with Crippen molar-refractivity contribution in [2.75, 3.05) is 6.54 Å². The second kappa shape index (κ2) is 4.63. The molecule has 3 heteroatoms. The van der Waals surface area contributed by atoms with Crippen LogP contribution in [0.4, 0.5) is 4.79 Å². The highest BCUT2D eigenvalue weighted by Crippen LogP contribution is 2.30. The van der Waals surface area contributed by atoms with Gasteiger partial charge in [0.15, 0.2) is 0 Å². The highest BCUT2D eigenvalue weighted by atomic mass is 16.6. The topological polar surface area (TPSA) is 29.5 Å². The van der Waals surface area contributed by atoms with E-state index < -0.39 is 5.60 Å². The van der Waals surface area contributed by atoms with E-state index >= 15 is 0 Å². The van der Waals surface area contributed by atoms with Gasteiger partial charge in [0.05, 0.1) is 6.04 Å². The molecule has 0 fully saturated rings. The summed E-state index contributed by atoms with van der Waals surface area (Å²) in [5.41, 5.74) is 2.13. The highest BCUT2D eigenvalue weighted by Gasteiger charge is 2.30. The summed E-state index contributed by atoms with van der Waals surface area (Å²) < 4.78 is 5.45. The maximum atomic E-state index is 12.1. The van der Waals surface area contributed by atoms with Crippen LogP contribution in [-0.2, 0) is 11.2 Å². The zero-order valence-corrected chi connectivity index (χ0v) is 11.6. The molecule has 0 saturated heterocycles. The lowest BCUT2D eigenvalue weighted by Crippen LogP contribution is -2.42. The first-order valence-electron chi connectivity index (χ1n) is 6.46. The second-order valence-corrected chi connectivity index (χ2v) is 5.80. The van der Waals surface area contributed by atoms with Crippen molar-refractivity contribution < 1.29 is 9.53 Å². The smallest absolute Gasteiger partial charge is 0.410 e. The molecule has 1 aromatic carbocycles. The standard InChI is InChI=1S/C15H21NO2/c1-11-13-8-6-5-7-12(13)9-10-16(11)14(17)18-15(2,3)4/h5-8,11H,9-10H2,1-4H3. The molecule has 1 aliphatic heterocycles. The van der Waals surface area contributed by atoms with Gasteiger partial charge in [-0.1, -0.05) is 24.3 Å². The number of ether oxygens (including phenoxy) is 1. The lowest BCUT2D eigenvalue weighted by atomic mass is 9.94. The third-order valence-electron chi connectivity index (χ3n) is 3.22. The normalized spacial score (nSPS) is 19.3. The Balaban J connectivity index is 2.17. The number of fused-ring (bicyclic) bond motifs is 1. The number of hydrogen-bond donors (Lipinski definition) is 0. The SMILES string of the molecule is CC1c2ccccc2CCN1C(=O)OC(C)(C)C. The van der Waals surface area contributed by atoms with Crippen molar-refractivity contribution in [1.82, 2.24) is 4.90 Å². The molecule has 1 aliphatic rings. The Morgan fingerprint density at radius 2 is 2.00 bits per heavy atom. The molecule has 1 atom stereocenters. The molecule has 1 heterocycles. The van der Waals surface area contributed by atoms with Gasteiger partial charge in [-0.3, -0.25) is 0 Å². The van der Waals surface area contributed by atoms with Crippen LogP contribution in [0.5, 0.6) is 0 Å². The van der Waals surface area contributed by atoms with Crippen molar-refractivity contribution in [2.45, 2.75) is 45.8 Å². The number of benzene rings is 1. The van der Waals surface area contributed by atoms with Gasteiger partial charge in [0, 0.05) is 6.54 Å². The van der Waals surface area contributed by atoms with Gasteiger partial charge in [0.25, 0.3) is 0 Å². The molecule has 2 rings (SSSR count). The van der Waals surface area contributed by atoms with Crippen molar-refractivity contribution >= 4 is 6.09 Å². The van der Waals surface area contributed by atoms with E-state index in [-0.39, 0.29) is 12.1 Å². The van der Waals surface area contributed by atoms with Crippen LogP contribution in [0.15, 0.2) is 24.3 Å². The second-order valence-electron chi connectivity index (χ2n) is 5.80. The summed E-state index contributed by atoms with van der Waals surface area (Å²) in [5.74, 6) is 0. The van der Waals surface area contributed by atoms with Crippen molar-refractivity contribution in [3.05, 3.63) is 35.4 Å². The molecule has 1 unspecified atom stereocenters. The van der Waals surface area contributed by atoms with E-state index in [2.05, 4.69) is 25.1 Å². The van der Waals surface area contributed by atoms with E-state index in [9.17, 15) is 4.79 Å². The van der Waals surface area contributed by atoms with Gasteiger partial charge in [0.2, 0.25) is 0 Å². The summed E-state index contributed by atoms with van der Waals surface area (Å²) in [6, 6.07) is 8.39. The first-order chi connectivity index (χ1) is 8.38. The van der Waals surface area contributed by atoms with E-state index in [0.717, 1.165) is 13.0 Å². The molecule has 0 spiro atoms. The third-order valence-corrected chi connectivity index (χ3v) is 3.22. The van der Waals surface area contributed by atoms with Crippen molar-refractivity contribution in [2.24, 2.45) is 0 Å². The van der Waals surface area contributed by atoms with Gasteiger partial charge in [-0.25, -0.2) is 4.79 Å². The summed E-state index contributed by atoms with van der Waals surface area (Å²) in [6.07, 6.45) is 0.684. The van der Waals surface area contributed by atoms with Crippen LogP contribution in [0.2, 0.25) is 0 Å². The van der Waals surface area contributed by atoms with E-state index in [0.29, 0.717) is 0 Å². The van der Waals surface area contributed by atoms with Crippen molar-refractivity contribution in [3.63, 3.8) is 0 Å². The fourth-order valence-corrected chi connectivity index (χ4v) is 2.34. The summed E-state index contributed by atoms with van der Waals surface area (Å²) in [6.45, 7) is 8.48. The molecule has 98 valence electrons. The lowest BCUT2D eigenvalue weighted by Gasteiger charge is -2.36. The van der Waals surface area contributed by atoms with Crippen LogP contribution in [-0.4, -0.2) is 23.1 Å². The van der Waals surface area contributed by atoms with E-state index in [1.165, 1.54) is 11.1 Å². The van der Waals surface area contributed by atoms with Crippen LogP contribution in [0.3, 0.4) is 0 Å². The number of carbonyl (C=O) groups excluding carboxylic acids is 1. The Bertz CT molecular complexity index is 448. The third kappa shape index (κ3) is 2.66. The van der Waals surface area contributed by atoms with Gasteiger partial charge in [-0.2, -0.15) is 0 Å². The first-order valence-corrected chi connectivity index (χ1v) is 6.46. The summed E-state index contributed by atoms with van der Waals surface area (Å²) in [5, 5.41) is 0. The maximum Gasteiger partial charge on any atom is 0.410 e. The van der Waals surface area contributed by atoms with Crippen LogP contribution in [0.1, 0.15) is 44.9 Å². The average molecular weight is 247 g/mol. The van der Waals surface area contributed by atoms with Crippen LogP contribution in [0, 0.1) is 0 Å². The zero-order chi connectivity index (χ0) is 13.3. The fourth-order valence-electron chi connectivity index (χ4n) is 2.34. The molecule has 0 aliphatic carbocycles. The maximum absolute atomic E-state index is 12.1. The fraction of sp³-hybridized carbons (Fsp3) is 0.533. The number of rotatable bonds is 0. The Hall–Kier alpha value is -1.51. The number of nitrogens with zero attached hydrogens (tertiary/aromatic N) is 1. The minimum Gasteiger partial charge on any atom is -0.444 e. The minimum atomic E-state index is -0.437. The van der Waals surface area contributed by atoms with Gasteiger partial charge in [-0.15, -0.1) is 0 Å². The Kier molecular flexibility index (Phi) is 3.33. The quantitative estimate of drug-likeness (QED) is 0.701. The molecule has 3 nitrogen and oxygen atoms in total. The minimum absolute atomic E-state index is 0.0878. The van der Waals surface area contributed by atoms with Crippen LogP contribution in [0.25, 0.3) is 0 Å². The summed E-state index contributed by atoms with van der Waals surface area (Å²) >= 11 is 0. The summed E-state index contributed by atoms with van der Waals surface area (Å²) in [4.78, 5) is 14.0. The van der Waals surface area contributed by atoms with E-state index in [4.69, 9.17) is 4.74 Å². The average Bonchev–Trinajstić information content (AvgIpc) is 2.27. The molecule has 0 aromatic heterocycles. The number of amides is 1. The Morgan fingerprint density at radius 1 is 1.33 bits per heavy atom. The van der Waals surface area contributed by atoms with Crippen molar-refractivity contribution in [1.29, 1.82) is 0 Å². The van der Waals surface area contributed by atoms with Crippen LogP contribution < -0.4 is 0 Å². The molecule has 18 heavy (non-hydrogen) atoms. The zero-order valence-electron chi connectivity index (χ0n) is 11.6. The van der Waals surface area contributed by atoms with Gasteiger partial charge >= 0.3 is 6.09 Å². The van der Waals surface area contributed by atoms with Crippen molar-refractivity contribution in [3.8, 4) is 0 Å². The predicted octanol–water partition coefficient (Wildman–Crippen LogP) is 3.54. The largest absolute Gasteiger partial charge is 0.444 e. The molecular formula is C15H21NO2. The molecule has 0 radical (unpaired) electrons. The summed E-state index contributed by atoms with van der Waals surface area (Å²) in [7, 11) is 0. The molecular weight excluding hydrogens is 226 g/mol. The van der Waals surface area contributed by atoms with Crippen LogP contribution >= 0.6 is 0 Å². The molecule has 0 saturated carbocycles. The number of hydrogen-bond acceptors (Lipinski definition) is 2. The first kappa shape index (κ1) is 12.9. The van der Waals surface area contributed by atoms with Gasteiger partial charge in [0.1, 0.15) is 5.60 Å². The molecule has 0 N–H and O–H groups in total.